The summed E-state index contributed by atoms with van der Waals surface area (Å²) in [5.74, 6) is 0.856. The van der Waals surface area contributed by atoms with Crippen molar-refractivity contribution in [3.63, 3.8) is 0 Å². The zero-order valence-corrected chi connectivity index (χ0v) is 10.6. The van der Waals surface area contributed by atoms with Crippen LogP contribution in [0.25, 0.3) is 0 Å². The van der Waals surface area contributed by atoms with E-state index in [-0.39, 0.29) is 5.75 Å². The monoisotopic (exact) mass is 258 g/mol. The smallest absolute Gasteiger partial charge is 0.194 e. The molecule has 0 radical (unpaired) electrons. The number of nitrogens with zero attached hydrogens (tertiary/aromatic N) is 1. The highest BCUT2D eigenvalue weighted by Crippen LogP contribution is 2.32. The van der Waals surface area contributed by atoms with Crippen molar-refractivity contribution in [2.24, 2.45) is 5.73 Å². The molecule has 2 N–H and O–H groups in total. The maximum atomic E-state index is 11.9. The van der Waals surface area contributed by atoms with Crippen LogP contribution >= 0.6 is 0 Å². The number of aryl methyl sites for hydroxylation is 1. The van der Waals surface area contributed by atoms with Crippen molar-refractivity contribution in [1.82, 2.24) is 4.98 Å². The van der Waals surface area contributed by atoms with Crippen LogP contribution in [0.2, 0.25) is 0 Å². The fraction of sp³-hybridized carbons (Fsp3) is 0.727. The summed E-state index contributed by atoms with van der Waals surface area (Å²) < 4.78 is 29.1. The predicted molar refractivity (Wildman–Crippen MR) is 64.3 cm³/mol. The number of hydrogen-bond acceptors (Lipinski definition) is 5. The minimum Gasteiger partial charge on any atom is -0.449 e. The van der Waals surface area contributed by atoms with E-state index in [1.165, 1.54) is 6.26 Å². The molecule has 0 amide bonds. The molecular weight excluding hydrogens is 240 g/mol. The summed E-state index contributed by atoms with van der Waals surface area (Å²) in [6.45, 7) is 0.583. The maximum absolute atomic E-state index is 11.9. The molecule has 0 aromatic carbocycles. The van der Waals surface area contributed by atoms with Crippen LogP contribution in [0.4, 0.5) is 0 Å². The quantitative estimate of drug-likeness (QED) is 0.877. The Hall–Kier alpha value is -0.880. The molecule has 5 nitrogen and oxygen atoms in total. The van der Waals surface area contributed by atoms with Crippen molar-refractivity contribution in [2.45, 2.75) is 37.4 Å². The first-order valence-corrected chi connectivity index (χ1v) is 7.71. The van der Waals surface area contributed by atoms with Crippen molar-refractivity contribution in [3.05, 3.63) is 17.8 Å². The molecule has 1 fully saturated rings. The molecule has 1 aliphatic rings. The van der Waals surface area contributed by atoms with Gasteiger partial charge in [0.2, 0.25) is 0 Å². The molecule has 2 heterocycles. The third-order valence-electron chi connectivity index (χ3n) is 3.07. The van der Waals surface area contributed by atoms with Crippen LogP contribution in [-0.2, 0) is 16.3 Å². The fourth-order valence-corrected chi connectivity index (χ4v) is 4.02. The molecule has 0 aliphatic carbocycles. The van der Waals surface area contributed by atoms with Gasteiger partial charge >= 0.3 is 0 Å². The zero-order valence-electron chi connectivity index (χ0n) is 9.76. The lowest BCUT2D eigenvalue weighted by Gasteiger charge is -2.19. The van der Waals surface area contributed by atoms with Gasteiger partial charge in [0.15, 0.2) is 15.7 Å². The first kappa shape index (κ1) is 12.6. The highest BCUT2D eigenvalue weighted by atomic mass is 32.2. The number of aromatic nitrogens is 1. The highest BCUT2D eigenvalue weighted by molar-refractivity contribution is 7.91. The lowest BCUT2D eigenvalue weighted by Crippen LogP contribution is -2.21. The summed E-state index contributed by atoms with van der Waals surface area (Å²) >= 11 is 0. The Labute approximate surface area is 101 Å². The second-order valence-electron chi connectivity index (χ2n) is 4.41. The summed E-state index contributed by atoms with van der Waals surface area (Å²) in [7, 11) is -3.03. The number of hydrogen-bond donors (Lipinski definition) is 1. The Bertz CT molecular complexity index is 467. The molecule has 2 rings (SSSR count). The number of rotatable bonds is 4. The molecule has 96 valence electrons. The van der Waals surface area contributed by atoms with Gasteiger partial charge in [-0.25, -0.2) is 13.4 Å². The molecule has 1 atom stereocenters. The topological polar surface area (TPSA) is 86.2 Å². The highest BCUT2D eigenvalue weighted by Gasteiger charge is 2.32. The van der Waals surface area contributed by atoms with Gasteiger partial charge in [-0.15, -0.1) is 0 Å². The zero-order chi connectivity index (χ0) is 12.3. The molecule has 1 aliphatic heterocycles. The predicted octanol–water partition coefficient (Wildman–Crippen LogP) is 1.21. The Morgan fingerprint density at radius 1 is 1.47 bits per heavy atom. The molecular formula is C11H18N2O3S. The van der Waals surface area contributed by atoms with Gasteiger partial charge in [0.05, 0.1) is 11.4 Å². The van der Waals surface area contributed by atoms with Gasteiger partial charge < -0.3 is 10.2 Å². The van der Waals surface area contributed by atoms with Gasteiger partial charge in [-0.05, 0) is 25.8 Å². The van der Waals surface area contributed by atoms with Crippen LogP contribution in [0.1, 0.15) is 42.5 Å². The summed E-state index contributed by atoms with van der Waals surface area (Å²) in [5.41, 5.74) is 5.97. The molecule has 6 heteroatoms. The molecule has 1 aromatic rings. The van der Waals surface area contributed by atoms with Gasteiger partial charge in [0, 0.05) is 6.42 Å². The Morgan fingerprint density at radius 3 is 3.00 bits per heavy atom. The van der Waals surface area contributed by atoms with Gasteiger partial charge in [-0.1, -0.05) is 6.42 Å². The van der Waals surface area contributed by atoms with E-state index >= 15 is 0 Å². The molecule has 17 heavy (non-hydrogen) atoms. The lowest BCUT2D eigenvalue weighted by atomic mass is 10.1. The van der Waals surface area contributed by atoms with Crippen LogP contribution in [0, 0.1) is 0 Å². The minimum absolute atomic E-state index is 0.267. The van der Waals surface area contributed by atoms with Crippen LogP contribution in [0.3, 0.4) is 0 Å². The van der Waals surface area contributed by atoms with E-state index in [4.69, 9.17) is 10.2 Å². The van der Waals surface area contributed by atoms with Crippen LogP contribution in [-0.4, -0.2) is 25.7 Å². The van der Waals surface area contributed by atoms with Gasteiger partial charge in [0.25, 0.3) is 0 Å². The molecule has 1 unspecified atom stereocenters. The van der Waals surface area contributed by atoms with E-state index in [0.29, 0.717) is 31.0 Å². The van der Waals surface area contributed by atoms with E-state index in [1.807, 2.05) is 0 Å². The SMILES string of the molecule is NCCCc1nc(C2CCCCS2(=O)=O)co1. The maximum Gasteiger partial charge on any atom is 0.194 e. The van der Waals surface area contributed by atoms with Crippen LogP contribution < -0.4 is 5.73 Å². The molecule has 1 saturated heterocycles. The van der Waals surface area contributed by atoms with Crippen molar-refractivity contribution < 1.29 is 12.8 Å². The van der Waals surface area contributed by atoms with Gasteiger partial charge in [-0.2, -0.15) is 0 Å². The fourth-order valence-electron chi connectivity index (χ4n) is 2.13. The summed E-state index contributed by atoms with van der Waals surface area (Å²) in [4.78, 5) is 4.27. The largest absolute Gasteiger partial charge is 0.449 e. The number of nitrogens with two attached hydrogens (primary N) is 1. The third kappa shape index (κ3) is 2.87. The normalized spacial score (nSPS) is 23.7. The Kier molecular flexibility index (Phi) is 3.83. The van der Waals surface area contributed by atoms with E-state index in [2.05, 4.69) is 4.98 Å². The average molecular weight is 258 g/mol. The molecule has 0 saturated carbocycles. The van der Waals surface area contributed by atoms with E-state index < -0.39 is 15.1 Å². The number of sulfone groups is 1. The van der Waals surface area contributed by atoms with E-state index in [1.54, 1.807) is 0 Å². The Morgan fingerprint density at radius 2 is 2.29 bits per heavy atom. The van der Waals surface area contributed by atoms with E-state index in [9.17, 15) is 8.42 Å². The van der Waals surface area contributed by atoms with Crippen LogP contribution in [0.15, 0.2) is 10.7 Å². The molecule has 0 spiro atoms. The lowest BCUT2D eigenvalue weighted by molar-refractivity contribution is 0.487. The Balaban J connectivity index is 2.13. The molecule has 0 bridgehead atoms. The van der Waals surface area contributed by atoms with Crippen molar-refractivity contribution in [2.75, 3.05) is 12.3 Å². The first-order valence-electron chi connectivity index (χ1n) is 5.99. The van der Waals surface area contributed by atoms with Crippen molar-refractivity contribution in [1.29, 1.82) is 0 Å². The van der Waals surface area contributed by atoms with Crippen molar-refractivity contribution >= 4 is 9.84 Å². The standard InChI is InChI=1S/C11H18N2O3S/c12-6-3-5-11-13-9(8-16-11)10-4-1-2-7-17(10,14)15/h8,10H,1-7,12H2. The van der Waals surface area contributed by atoms with Crippen molar-refractivity contribution in [3.8, 4) is 0 Å². The second-order valence-corrected chi connectivity index (χ2v) is 6.71. The first-order chi connectivity index (χ1) is 8.13. The summed E-state index contributed by atoms with van der Waals surface area (Å²) in [5, 5.41) is -0.466. The average Bonchev–Trinajstić information content (AvgIpc) is 2.74. The van der Waals surface area contributed by atoms with E-state index in [0.717, 1.165) is 19.3 Å². The van der Waals surface area contributed by atoms with Gasteiger partial charge in [0.1, 0.15) is 11.5 Å². The molecule has 1 aromatic heterocycles. The third-order valence-corrected chi connectivity index (χ3v) is 5.27. The van der Waals surface area contributed by atoms with Crippen LogP contribution in [0.5, 0.6) is 0 Å². The summed E-state index contributed by atoms with van der Waals surface area (Å²) in [6, 6.07) is 0. The van der Waals surface area contributed by atoms with Gasteiger partial charge in [-0.3, -0.25) is 0 Å². The number of oxazole rings is 1. The minimum atomic E-state index is -3.03. The summed E-state index contributed by atoms with van der Waals surface area (Å²) in [6.07, 6.45) is 5.32. The second kappa shape index (κ2) is 5.18.